The van der Waals surface area contributed by atoms with Crippen molar-refractivity contribution in [2.24, 2.45) is 17.3 Å². The lowest BCUT2D eigenvalue weighted by Crippen LogP contribution is -2.68. The van der Waals surface area contributed by atoms with Crippen LogP contribution < -0.4 is 10.6 Å². The molecule has 0 aromatic carbocycles. The fourth-order valence-electron chi connectivity index (χ4n) is 5.53. The predicted octanol–water partition coefficient (Wildman–Crippen LogP) is 3.07. The van der Waals surface area contributed by atoms with Gasteiger partial charge in [-0.15, -0.1) is 0 Å². The second kappa shape index (κ2) is 6.78. The summed E-state index contributed by atoms with van der Waals surface area (Å²) in [5.41, 5.74) is 0.267. The van der Waals surface area contributed by atoms with E-state index in [0.717, 1.165) is 18.9 Å². The van der Waals surface area contributed by atoms with Gasteiger partial charge in [-0.2, -0.15) is 0 Å². The largest absolute Gasteiger partial charge is 0.393 e. The number of unbranched alkanes of at least 4 members (excludes halogenated alkanes) is 1. The maximum absolute atomic E-state index is 10.9. The Morgan fingerprint density at radius 3 is 2.68 bits per heavy atom. The summed E-state index contributed by atoms with van der Waals surface area (Å²) in [4.78, 5) is 0. The van der Waals surface area contributed by atoms with Crippen molar-refractivity contribution < 1.29 is 5.11 Å². The van der Waals surface area contributed by atoms with Gasteiger partial charge in [0.2, 0.25) is 0 Å². The van der Waals surface area contributed by atoms with Crippen LogP contribution >= 0.6 is 0 Å². The first-order valence-electron chi connectivity index (χ1n) is 9.69. The summed E-state index contributed by atoms with van der Waals surface area (Å²) in [6.07, 6.45) is 9.92. The van der Waals surface area contributed by atoms with Crippen LogP contribution in [0.2, 0.25) is 0 Å². The molecule has 1 saturated heterocycles. The molecule has 6 unspecified atom stereocenters. The van der Waals surface area contributed by atoms with E-state index in [4.69, 9.17) is 0 Å². The Balaban J connectivity index is 1.78. The minimum atomic E-state index is -0.150. The van der Waals surface area contributed by atoms with E-state index in [1.165, 1.54) is 44.9 Å². The normalized spacial score (nSPS) is 44.2. The molecule has 6 atom stereocenters. The van der Waals surface area contributed by atoms with Crippen molar-refractivity contribution in [2.75, 3.05) is 6.54 Å². The Kier molecular flexibility index (Phi) is 5.16. The average molecular weight is 309 g/mol. The van der Waals surface area contributed by atoms with E-state index < -0.39 is 0 Å². The molecule has 3 heteroatoms. The third-order valence-electron chi connectivity index (χ3n) is 6.48. The highest BCUT2D eigenvalue weighted by Crippen LogP contribution is 2.46. The first-order chi connectivity index (χ1) is 10.5. The van der Waals surface area contributed by atoms with E-state index in [1.807, 2.05) is 0 Å². The monoisotopic (exact) mass is 308 g/mol. The number of rotatable bonds is 4. The number of aliphatic hydroxyl groups is 1. The molecule has 3 nitrogen and oxygen atoms in total. The van der Waals surface area contributed by atoms with Crippen LogP contribution in [0.5, 0.6) is 0 Å². The summed E-state index contributed by atoms with van der Waals surface area (Å²) in [6, 6.07) is 1.70. The molecule has 2 aliphatic carbocycles. The second-order valence-electron chi connectivity index (χ2n) is 8.88. The van der Waals surface area contributed by atoms with Gasteiger partial charge in [0.15, 0.2) is 0 Å². The summed E-state index contributed by atoms with van der Waals surface area (Å²) in [6.45, 7) is 8.01. The third kappa shape index (κ3) is 3.37. The molecule has 0 spiro atoms. The van der Waals surface area contributed by atoms with Gasteiger partial charge in [-0.3, -0.25) is 0 Å². The van der Waals surface area contributed by atoms with E-state index >= 15 is 0 Å². The third-order valence-corrected chi connectivity index (χ3v) is 6.48. The Bertz CT molecular complexity index is 370. The van der Waals surface area contributed by atoms with E-state index in [9.17, 15) is 5.11 Å². The van der Waals surface area contributed by atoms with E-state index in [0.29, 0.717) is 24.0 Å². The standard InChI is InChI=1S/C19H36N2O/c1-4-5-10-20-18-13-8-6-7-9-14(13)21-15-11-19(2,3)12-16(22)17(15)18/h13-18,20-22H,4-12H2,1-3H3. The molecule has 128 valence electrons. The van der Waals surface area contributed by atoms with Crippen molar-refractivity contribution in [3.05, 3.63) is 0 Å². The second-order valence-corrected chi connectivity index (χ2v) is 8.88. The molecule has 0 amide bonds. The van der Waals surface area contributed by atoms with Crippen molar-refractivity contribution in [3.8, 4) is 0 Å². The van der Waals surface area contributed by atoms with E-state index in [2.05, 4.69) is 31.4 Å². The van der Waals surface area contributed by atoms with Gasteiger partial charge >= 0.3 is 0 Å². The van der Waals surface area contributed by atoms with Crippen molar-refractivity contribution in [1.29, 1.82) is 0 Å². The minimum Gasteiger partial charge on any atom is -0.393 e. The number of hydrogen-bond donors (Lipinski definition) is 3. The smallest absolute Gasteiger partial charge is 0.0603 e. The molecule has 3 N–H and O–H groups in total. The zero-order valence-corrected chi connectivity index (χ0v) is 14.8. The Hall–Kier alpha value is -0.120. The topological polar surface area (TPSA) is 44.3 Å². The van der Waals surface area contributed by atoms with Gasteiger partial charge in [-0.05, 0) is 50.0 Å². The summed E-state index contributed by atoms with van der Waals surface area (Å²) in [7, 11) is 0. The molecule has 22 heavy (non-hydrogen) atoms. The van der Waals surface area contributed by atoms with Crippen LogP contribution in [0.1, 0.15) is 72.1 Å². The first kappa shape index (κ1) is 16.7. The molecular formula is C19H36N2O. The number of piperidine rings is 1. The van der Waals surface area contributed by atoms with Gasteiger partial charge in [0, 0.05) is 24.0 Å². The van der Waals surface area contributed by atoms with Crippen LogP contribution in [0.15, 0.2) is 0 Å². The van der Waals surface area contributed by atoms with Crippen LogP contribution in [0.3, 0.4) is 0 Å². The quantitative estimate of drug-likeness (QED) is 0.699. The minimum absolute atomic E-state index is 0.150. The molecule has 0 bridgehead atoms. The lowest BCUT2D eigenvalue weighted by molar-refractivity contribution is -0.0660. The maximum Gasteiger partial charge on any atom is 0.0603 e. The number of nitrogens with one attached hydrogen (secondary N) is 2. The molecule has 3 aliphatic rings. The molecule has 1 heterocycles. The van der Waals surface area contributed by atoms with Crippen molar-refractivity contribution in [1.82, 2.24) is 10.6 Å². The van der Waals surface area contributed by atoms with Crippen LogP contribution in [0.4, 0.5) is 0 Å². The highest BCUT2D eigenvalue weighted by Gasteiger charge is 2.51. The zero-order chi connectivity index (χ0) is 15.7. The van der Waals surface area contributed by atoms with Crippen molar-refractivity contribution in [2.45, 2.75) is 96.4 Å². The molecule has 3 fully saturated rings. The summed E-state index contributed by atoms with van der Waals surface area (Å²) >= 11 is 0. The van der Waals surface area contributed by atoms with Gasteiger partial charge in [-0.25, -0.2) is 0 Å². The van der Waals surface area contributed by atoms with E-state index in [1.54, 1.807) is 0 Å². The Labute approximate surface area is 136 Å². The van der Waals surface area contributed by atoms with Gasteiger partial charge in [0.25, 0.3) is 0 Å². The maximum atomic E-state index is 10.9. The van der Waals surface area contributed by atoms with Crippen LogP contribution in [0, 0.1) is 17.3 Å². The number of aliphatic hydroxyl groups excluding tert-OH is 1. The SMILES string of the molecule is CCCCNC1C2CCCCC2NC2CC(C)(C)CC(O)C21. The van der Waals surface area contributed by atoms with Gasteiger partial charge in [0.05, 0.1) is 6.10 Å². The van der Waals surface area contributed by atoms with Crippen LogP contribution in [-0.2, 0) is 0 Å². The molecule has 3 rings (SSSR count). The molecule has 2 saturated carbocycles. The molecule has 0 radical (unpaired) electrons. The molecule has 0 aromatic heterocycles. The highest BCUT2D eigenvalue weighted by atomic mass is 16.3. The van der Waals surface area contributed by atoms with E-state index in [-0.39, 0.29) is 11.5 Å². The van der Waals surface area contributed by atoms with Crippen molar-refractivity contribution in [3.63, 3.8) is 0 Å². The van der Waals surface area contributed by atoms with Gasteiger partial charge in [-0.1, -0.05) is 40.0 Å². The van der Waals surface area contributed by atoms with Crippen molar-refractivity contribution >= 4 is 0 Å². The molecular weight excluding hydrogens is 272 g/mol. The zero-order valence-electron chi connectivity index (χ0n) is 14.8. The van der Waals surface area contributed by atoms with Crippen LogP contribution in [-0.4, -0.2) is 35.9 Å². The molecule has 0 aromatic rings. The number of hydrogen-bond acceptors (Lipinski definition) is 3. The summed E-state index contributed by atoms with van der Waals surface area (Å²) in [5, 5.41) is 18.7. The summed E-state index contributed by atoms with van der Waals surface area (Å²) < 4.78 is 0. The first-order valence-corrected chi connectivity index (χ1v) is 9.69. The fraction of sp³-hybridized carbons (Fsp3) is 1.00. The lowest BCUT2D eigenvalue weighted by Gasteiger charge is -2.56. The fourth-order valence-corrected chi connectivity index (χ4v) is 5.53. The predicted molar refractivity (Wildman–Crippen MR) is 91.9 cm³/mol. The lowest BCUT2D eigenvalue weighted by atomic mass is 9.60. The van der Waals surface area contributed by atoms with Crippen LogP contribution in [0.25, 0.3) is 0 Å². The Morgan fingerprint density at radius 1 is 1.14 bits per heavy atom. The van der Waals surface area contributed by atoms with Gasteiger partial charge < -0.3 is 15.7 Å². The highest BCUT2D eigenvalue weighted by molar-refractivity contribution is 5.08. The Morgan fingerprint density at radius 2 is 1.91 bits per heavy atom. The average Bonchev–Trinajstić information content (AvgIpc) is 2.45. The molecule has 1 aliphatic heterocycles. The summed E-state index contributed by atoms with van der Waals surface area (Å²) in [5.74, 6) is 1.13. The number of fused-ring (bicyclic) bond motifs is 2. The van der Waals surface area contributed by atoms with Gasteiger partial charge in [0.1, 0.15) is 0 Å².